The van der Waals surface area contributed by atoms with E-state index in [1.807, 2.05) is 6.07 Å². The Balaban J connectivity index is 1.29. The van der Waals surface area contributed by atoms with E-state index < -0.39 is 0 Å². The van der Waals surface area contributed by atoms with Crippen LogP contribution in [0.15, 0.2) is 23.4 Å². The van der Waals surface area contributed by atoms with E-state index >= 15 is 0 Å². The zero-order valence-corrected chi connectivity index (χ0v) is 16.6. The number of oxime groups is 1. The van der Waals surface area contributed by atoms with Gasteiger partial charge in [0, 0.05) is 24.8 Å². The maximum Gasteiger partial charge on any atom is 0.168 e. The van der Waals surface area contributed by atoms with Gasteiger partial charge in [0.15, 0.2) is 17.3 Å². The summed E-state index contributed by atoms with van der Waals surface area (Å²) in [6.45, 7) is 1.40. The molecule has 0 bridgehead atoms. The Labute approximate surface area is 166 Å². The molecule has 0 aromatic heterocycles. The molecule has 0 N–H and O–H groups in total. The first-order chi connectivity index (χ1) is 13.7. The van der Waals surface area contributed by atoms with Gasteiger partial charge in [-0.3, -0.25) is 0 Å². The molecular formula is C22H29NO5. The van der Waals surface area contributed by atoms with Gasteiger partial charge in [0.2, 0.25) is 0 Å². The van der Waals surface area contributed by atoms with E-state index in [1.165, 1.54) is 12.8 Å². The molecule has 0 radical (unpaired) electrons. The quantitative estimate of drug-likeness (QED) is 0.775. The van der Waals surface area contributed by atoms with Crippen LogP contribution in [0.25, 0.3) is 0 Å². The molecule has 3 fully saturated rings. The third kappa shape index (κ3) is 3.37. The van der Waals surface area contributed by atoms with Crippen molar-refractivity contribution in [3.63, 3.8) is 0 Å². The molecule has 28 heavy (non-hydrogen) atoms. The maximum absolute atomic E-state index is 6.24. The highest BCUT2D eigenvalue weighted by atomic mass is 16.7. The summed E-state index contributed by atoms with van der Waals surface area (Å²) in [6, 6.07) is 6.09. The normalized spacial score (nSPS) is 25.8. The van der Waals surface area contributed by atoms with Crippen LogP contribution in [0.1, 0.15) is 63.4 Å². The van der Waals surface area contributed by atoms with Crippen molar-refractivity contribution in [1.82, 2.24) is 0 Å². The molecule has 2 spiro atoms. The lowest BCUT2D eigenvalue weighted by atomic mass is 9.78. The van der Waals surface area contributed by atoms with Crippen molar-refractivity contribution < 1.29 is 23.8 Å². The highest BCUT2D eigenvalue weighted by Crippen LogP contribution is 2.46. The molecule has 1 saturated heterocycles. The van der Waals surface area contributed by atoms with Crippen LogP contribution in [-0.4, -0.2) is 43.5 Å². The van der Waals surface area contributed by atoms with E-state index in [0.717, 1.165) is 67.7 Å². The van der Waals surface area contributed by atoms with Gasteiger partial charge in [-0.15, -0.1) is 0 Å². The Morgan fingerprint density at radius 3 is 2.46 bits per heavy atom. The lowest BCUT2D eigenvalue weighted by Gasteiger charge is -2.39. The Bertz CT molecular complexity index is 739. The van der Waals surface area contributed by atoms with Crippen LogP contribution in [0.3, 0.4) is 0 Å². The van der Waals surface area contributed by atoms with Gasteiger partial charge in [-0.1, -0.05) is 5.16 Å². The number of hydrogen-bond acceptors (Lipinski definition) is 6. The minimum atomic E-state index is -0.375. The number of benzene rings is 1. The third-order valence-electron chi connectivity index (χ3n) is 6.67. The van der Waals surface area contributed by atoms with Crippen molar-refractivity contribution in [3.05, 3.63) is 23.8 Å². The average molecular weight is 387 g/mol. The molecule has 6 nitrogen and oxygen atoms in total. The first-order valence-corrected chi connectivity index (χ1v) is 10.6. The summed E-state index contributed by atoms with van der Waals surface area (Å²) in [5.41, 5.74) is 1.82. The highest BCUT2D eigenvalue weighted by Gasteiger charge is 2.50. The SMILES string of the molecule is COc1ccc(C2=NOC3(CCC4(CC3)OCCO4)C2)cc1OC1CCCC1. The second-order valence-electron chi connectivity index (χ2n) is 8.49. The van der Waals surface area contributed by atoms with Gasteiger partial charge in [0.25, 0.3) is 0 Å². The summed E-state index contributed by atoms with van der Waals surface area (Å²) >= 11 is 0. The molecule has 2 aliphatic heterocycles. The molecule has 1 aromatic carbocycles. The van der Waals surface area contributed by atoms with Crippen molar-refractivity contribution in [2.75, 3.05) is 20.3 Å². The van der Waals surface area contributed by atoms with E-state index in [-0.39, 0.29) is 11.4 Å². The molecule has 6 heteroatoms. The average Bonchev–Trinajstić information content (AvgIpc) is 3.47. The first-order valence-electron chi connectivity index (χ1n) is 10.6. The van der Waals surface area contributed by atoms with Crippen LogP contribution < -0.4 is 9.47 Å². The molecule has 2 saturated carbocycles. The lowest BCUT2D eigenvalue weighted by molar-refractivity contribution is -0.206. The van der Waals surface area contributed by atoms with Crippen molar-refractivity contribution in [3.8, 4) is 11.5 Å². The molecular weight excluding hydrogens is 358 g/mol. The number of rotatable bonds is 4. The molecule has 4 aliphatic rings. The van der Waals surface area contributed by atoms with Gasteiger partial charge < -0.3 is 23.8 Å². The molecule has 2 heterocycles. The van der Waals surface area contributed by atoms with Crippen molar-refractivity contribution in [2.24, 2.45) is 5.16 Å². The van der Waals surface area contributed by atoms with E-state index in [0.29, 0.717) is 19.3 Å². The summed E-state index contributed by atoms with van der Waals surface area (Å²) in [6.07, 6.45) is 9.37. The number of nitrogens with zero attached hydrogens (tertiary/aromatic N) is 1. The Hall–Kier alpha value is -1.79. The Morgan fingerprint density at radius 2 is 1.75 bits per heavy atom. The monoisotopic (exact) mass is 387 g/mol. The molecule has 0 amide bonds. The van der Waals surface area contributed by atoms with Crippen LogP contribution in [-0.2, 0) is 14.3 Å². The largest absolute Gasteiger partial charge is 0.493 e. The minimum Gasteiger partial charge on any atom is -0.493 e. The van der Waals surface area contributed by atoms with E-state index in [9.17, 15) is 0 Å². The number of ether oxygens (including phenoxy) is 4. The standard InChI is InChI=1S/C22H29NO5/c1-24-19-7-6-16(14-20(19)27-17-4-2-3-5-17)18-15-21(28-23-18)8-10-22(11-9-21)25-12-13-26-22/h6-7,14,17H,2-5,8-13,15H2,1H3. The molecule has 2 aliphatic carbocycles. The fourth-order valence-corrected chi connectivity index (χ4v) is 4.95. The molecule has 0 unspecified atom stereocenters. The van der Waals surface area contributed by atoms with Crippen LogP contribution in [0, 0.1) is 0 Å². The Kier molecular flexibility index (Phi) is 4.71. The zero-order valence-electron chi connectivity index (χ0n) is 16.6. The first kappa shape index (κ1) is 18.3. The van der Waals surface area contributed by atoms with Crippen molar-refractivity contribution in [2.45, 2.75) is 75.3 Å². The summed E-state index contributed by atoms with van der Waals surface area (Å²) in [5, 5.41) is 4.46. The van der Waals surface area contributed by atoms with Crippen molar-refractivity contribution >= 4 is 5.71 Å². The molecule has 5 rings (SSSR count). The lowest BCUT2D eigenvalue weighted by Crippen LogP contribution is -2.43. The van der Waals surface area contributed by atoms with Crippen LogP contribution in [0.2, 0.25) is 0 Å². The van der Waals surface area contributed by atoms with E-state index in [4.69, 9.17) is 23.8 Å². The Morgan fingerprint density at radius 1 is 1.00 bits per heavy atom. The minimum absolute atomic E-state index is 0.220. The molecule has 1 aromatic rings. The highest BCUT2D eigenvalue weighted by molar-refractivity contribution is 6.02. The fourth-order valence-electron chi connectivity index (χ4n) is 4.95. The van der Waals surface area contributed by atoms with Gasteiger partial charge in [0.1, 0.15) is 5.60 Å². The summed E-state index contributed by atoms with van der Waals surface area (Å²) in [7, 11) is 1.69. The van der Waals surface area contributed by atoms with Crippen LogP contribution >= 0.6 is 0 Å². The number of hydrogen-bond donors (Lipinski definition) is 0. The van der Waals surface area contributed by atoms with Crippen LogP contribution in [0.5, 0.6) is 11.5 Å². The predicted octanol–water partition coefficient (Wildman–Crippen LogP) is 4.20. The van der Waals surface area contributed by atoms with Gasteiger partial charge in [0.05, 0.1) is 32.1 Å². The molecule has 0 atom stereocenters. The van der Waals surface area contributed by atoms with Gasteiger partial charge in [-0.25, -0.2) is 0 Å². The molecule has 152 valence electrons. The third-order valence-corrected chi connectivity index (χ3v) is 6.67. The van der Waals surface area contributed by atoms with Crippen LogP contribution in [0.4, 0.5) is 0 Å². The summed E-state index contributed by atoms with van der Waals surface area (Å²) in [5.74, 6) is 1.21. The predicted molar refractivity (Wildman–Crippen MR) is 104 cm³/mol. The second kappa shape index (κ2) is 7.23. The zero-order chi connectivity index (χ0) is 19.0. The smallest absolute Gasteiger partial charge is 0.168 e. The van der Waals surface area contributed by atoms with Gasteiger partial charge in [-0.2, -0.15) is 0 Å². The maximum atomic E-state index is 6.24. The van der Waals surface area contributed by atoms with E-state index in [1.54, 1.807) is 7.11 Å². The van der Waals surface area contributed by atoms with Gasteiger partial charge in [-0.05, 0) is 56.7 Å². The van der Waals surface area contributed by atoms with Crippen molar-refractivity contribution in [1.29, 1.82) is 0 Å². The topological polar surface area (TPSA) is 58.5 Å². The summed E-state index contributed by atoms with van der Waals surface area (Å²) in [4.78, 5) is 5.99. The second-order valence-corrected chi connectivity index (χ2v) is 8.49. The van der Waals surface area contributed by atoms with Gasteiger partial charge >= 0.3 is 0 Å². The number of methoxy groups -OCH3 is 1. The fraction of sp³-hybridized carbons (Fsp3) is 0.682. The van der Waals surface area contributed by atoms with E-state index in [2.05, 4.69) is 17.3 Å². The summed E-state index contributed by atoms with van der Waals surface area (Å²) < 4.78 is 23.5.